The van der Waals surface area contributed by atoms with E-state index in [9.17, 15) is 18.0 Å². The number of carbonyl (C=O) groups is 2. The van der Waals surface area contributed by atoms with Gasteiger partial charge in [-0.25, -0.2) is 13.2 Å². The Kier molecular flexibility index (Phi) is 6.58. The molecule has 0 spiro atoms. The van der Waals surface area contributed by atoms with Crippen LogP contribution >= 0.6 is 0 Å². The summed E-state index contributed by atoms with van der Waals surface area (Å²) in [5, 5.41) is 11.0. The maximum absolute atomic E-state index is 11.5. The molecule has 1 aromatic rings. The molecule has 0 aliphatic rings. The molecule has 2 N–H and O–H groups in total. The second-order valence-electron chi connectivity index (χ2n) is 4.48. The maximum atomic E-state index is 11.5. The van der Waals surface area contributed by atoms with E-state index in [0.29, 0.717) is 5.56 Å². The summed E-state index contributed by atoms with van der Waals surface area (Å²) in [5.74, 6) is -2.61. The monoisotopic (exact) mass is 327 g/mol. The molecule has 1 rings (SSSR count). The molecule has 8 heteroatoms. The third kappa shape index (κ3) is 6.89. The third-order valence-corrected chi connectivity index (χ3v) is 3.98. The van der Waals surface area contributed by atoms with Gasteiger partial charge in [0.15, 0.2) is 9.84 Å². The summed E-state index contributed by atoms with van der Waals surface area (Å²) in [7, 11) is -3.68. The number of carboxylic acids is 1. The van der Waals surface area contributed by atoms with Crippen LogP contribution in [0.2, 0.25) is 0 Å². The molecule has 7 nitrogen and oxygen atoms in total. The normalized spacial score (nSPS) is 10.7. The molecule has 0 bridgehead atoms. The minimum absolute atomic E-state index is 0.117. The predicted molar refractivity (Wildman–Crippen MR) is 80.0 cm³/mol. The van der Waals surface area contributed by atoms with Crippen molar-refractivity contribution in [3.63, 3.8) is 0 Å². The van der Waals surface area contributed by atoms with Crippen molar-refractivity contribution in [2.24, 2.45) is 0 Å². The molecule has 0 heterocycles. The van der Waals surface area contributed by atoms with Gasteiger partial charge in [-0.1, -0.05) is 36.9 Å². The van der Waals surface area contributed by atoms with Crippen molar-refractivity contribution in [1.82, 2.24) is 5.32 Å². The molecular formula is C14H17NO6S. The van der Waals surface area contributed by atoms with E-state index in [-0.39, 0.29) is 18.9 Å². The third-order valence-electron chi connectivity index (χ3n) is 2.52. The number of hydrogen-bond acceptors (Lipinski definition) is 5. The van der Waals surface area contributed by atoms with Crippen molar-refractivity contribution in [1.29, 1.82) is 0 Å². The smallest absolute Gasteiger partial charge is 0.407 e. The second-order valence-corrected chi connectivity index (χ2v) is 6.55. The van der Waals surface area contributed by atoms with E-state index in [2.05, 4.69) is 11.9 Å². The Hall–Kier alpha value is -2.35. The highest BCUT2D eigenvalue weighted by molar-refractivity contribution is 7.91. The van der Waals surface area contributed by atoms with Crippen LogP contribution in [-0.4, -0.2) is 37.9 Å². The number of amides is 1. The van der Waals surface area contributed by atoms with Crippen LogP contribution in [0, 0.1) is 0 Å². The zero-order valence-electron chi connectivity index (χ0n) is 11.8. The average molecular weight is 327 g/mol. The Morgan fingerprint density at radius 2 is 1.82 bits per heavy atom. The highest BCUT2D eigenvalue weighted by Gasteiger charge is 2.16. The van der Waals surface area contributed by atoms with Crippen molar-refractivity contribution in [3.05, 3.63) is 48.0 Å². The van der Waals surface area contributed by atoms with E-state index in [1.165, 1.54) is 6.08 Å². The number of ether oxygens (including phenoxy) is 1. The molecule has 1 aromatic carbocycles. The fourth-order valence-electron chi connectivity index (χ4n) is 1.61. The first-order valence-electron chi connectivity index (χ1n) is 6.34. The Bertz CT molecular complexity index is 636. The summed E-state index contributed by atoms with van der Waals surface area (Å²) in [6, 6.07) is 6.45. The van der Waals surface area contributed by atoms with E-state index in [1.807, 2.05) is 0 Å². The van der Waals surface area contributed by atoms with E-state index >= 15 is 0 Å². The van der Waals surface area contributed by atoms with Crippen LogP contribution in [0.15, 0.2) is 36.9 Å². The number of alkyl carbamates (subject to hydrolysis) is 1. The number of carbonyl (C=O) groups excluding carboxylic acids is 1. The maximum Gasteiger partial charge on any atom is 0.407 e. The van der Waals surface area contributed by atoms with Gasteiger partial charge in [-0.05, 0) is 11.1 Å². The SMILES string of the molecule is C=CCOC(=O)NCc1ccc(CS(=O)(=O)CC(=O)O)cc1. The fourth-order valence-corrected chi connectivity index (χ4v) is 2.78. The molecule has 0 aromatic heterocycles. The summed E-state index contributed by atoms with van der Waals surface area (Å²) in [5.41, 5.74) is 1.24. The average Bonchev–Trinajstić information content (AvgIpc) is 2.42. The Morgan fingerprint density at radius 1 is 1.23 bits per heavy atom. The van der Waals surface area contributed by atoms with E-state index in [4.69, 9.17) is 9.84 Å². The zero-order valence-corrected chi connectivity index (χ0v) is 12.6. The van der Waals surface area contributed by atoms with Gasteiger partial charge in [0.2, 0.25) is 0 Å². The minimum Gasteiger partial charge on any atom is -0.480 e. The summed E-state index contributed by atoms with van der Waals surface area (Å²) in [6.45, 7) is 3.77. The lowest BCUT2D eigenvalue weighted by Gasteiger charge is -2.07. The van der Waals surface area contributed by atoms with Crippen LogP contribution < -0.4 is 5.32 Å². The van der Waals surface area contributed by atoms with Crippen LogP contribution in [0.4, 0.5) is 4.79 Å². The topological polar surface area (TPSA) is 110 Å². The molecule has 0 saturated heterocycles. The lowest BCUT2D eigenvalue weighted by Crippen LogP contribution is -2.23. The highest BCUT2D eigenvalue weighted by Crippen LogP contribution is 2.09. The lowest BCUT2D eigenvalue weighted by molar-refractivity contribution is -0.134. The van der Waals surface area contributed by atoms with E-state index in [1.54, 1.807) is 24.3 Å². The summed E-state index contributed by atoms with van der Waals surface area (Å²) < 4.78 is 27.8. The lowest BCUT2D eigenvalue weighted by atomic mass is 10.1. The van der Waals surface area contributed by atoms with Gasteiger partial charge in [-0.3, -0.25) is 4.79 Å². The zero-order chi connectivity index (χ0) is 16.6. The highest BCUT2D eigenvalue weighted by atomic mass is 32.2. The molecule has 120 valence electrons. The Labute approximate surface area is 128 Å². The van der Waals surface area contributed by atoms with Gasteiger partial charge in [0.1, 0.15) is 12.4 Å². The van der Waals surface area contributed by atoms with E-state index < -0.39 is 27.7 Å². The van der Waals surface area contributed by atoms with Gasteiger partial charge < -0.3 is 15.2 Å². The fraction of sp³-hybridized carbons (Fsp3) is 0.286. The summed E-state index contributed by atoms with van der Waals surface area (Å²) in [4.78, 5) is 21.7. The molecule has 0 saturated carbocycles. The number of sulfone groups is 1. The molecule has 0 fully saturated rings. The Morgan fingerprint density at radius 3 is 2.36 bits per heavy atom. The van der Waals surface area contributed by atoms with Gasteiger partial charge >= 0.3 is 12.1 Å². The molecule has 0 radical (unpaired) electrons. The predicted octanol–water partition coefficient (Wildman–Crippen LogP) is 1.10. The quantitative estimate of drug-likeness (QED) is 0.692. The molecule has 0 aliphatic heterocycles. The molecule has 1 amide bonds. The van der Waals surface area contributed by atoms with Gasteiger partial charge in [0, 0.05) is 6.54 Å². The number of nitrogens with one attached hydrogen (secondary N) is 1. The standard InChI is InChI=1S/C14H17NO6S/c1-2-7-21-14(18)15-8-11-3-5-12(6-4-11)9-22(19,20)10-13(16)17/h2-6H,1,7-10H2,(H,15,18)(H,16,17). The first-order chi connectivity index (χ1) is 10.3. The van der Waals surface area contributed by atoms with Crippen molar-refractivity contribution in [2.45, 2.75) is 12.3 Å². The number of carboxylic acid groups (broad SMARTS) is 1. The Balaban J connectivity index is 2.54. The van der Waals surface area contributed by atoms with Crippen molar-refractivity contribution >= 4 is 21.9 Å². The van der Waals surface area contributed by atoms with Crippen LogP contribution in [0.1, 0.15) is 11.1 Å². The first-order valence-corrected chi connectivity index (χ1v) is 8.16. The van der Waals surface area contributed by atoms with Gasteiger partial charge in [-0.15, -0.1) is 0 Å². The summed E-state index contributed by atoms with van der Waals surface area (Å²) >= 11 is 0. The number of hydrogen-bond donors (Lipinski definition) is 2. The van der Waals surface area contributed by atoms with Crippen LogP contribution in [0.25, 0.3) is 0 Å². The molecule has 0 aliphatic carbocycles. The second kappa shape index (κ2) is 8.18. The van der Waals surface area contributed by atoms with Gasteiger partial charge in [0.25, 0.3) is 0 Å². The molecular weight excluding hydrogens is 310 g/mol. The van der Waals surface area contributed by atoms with Crippen LogP contribution in [0.3, 0.4) is 0 Å². The van der Waals surface area contributed by atoms with Gasteiger partial charge in [0.05, 0.1) is 5.75 Å². The number of benzene rings is 1. The number of aliphatic carboxylic acids is 1. The summed E-state index contributed by atoms with van der Waals surface area (Å²) in [6.07, 6.45) is 0.874. The van der Waals surface area contributed by atoms with Crippen LogP contribution in [0.5, 0.6) is 0 Å². The molecule has 0 atom stereocenters. The van der Waals surface area contributed by atoms with Crippen molar-refractivity contribution in [3.8, 4) is 0 Å². The van der Waals surface area contributed by atoms with Crippen molar-refractivity contribution in [2.75, 3.05) is 12.4 Å². The first kappa shape index (κ1) is 17.7. The van der Waals surface area contributed by atoms with E-state index in [0.717, 1.165) is 5.56 Å². The largest absolute Gasteiger partial charge is 0.480 e. The van der Waals surface area contributed by atoms with Crippen molar-refractivity contribution < 1.29 is 27.9 Å². The van der Waals surface area contributed by atoms with Crippen LogP contribution in [-0.2, 0) is 31.7 Å². The van der Waals surface area contributed by atoms with Gasteiger partial charge in [-0.2, -0.15) is 0 Å². The minimum atomic E-state index is -3.68. The molecule has 0 unspecified atom stereocenters. The number of rotatable bonds is 8. The molecule has 22 heavy (non-hydrogen) atoms.